The highest BCUT2D eigenvalue weighted by Gasteiger charge is 2.19. The number of hydrogen-bond acceptors (Lipinski definition) is 6. The van der Waals surface area contributed by atoms with E-state index in [1.165, 1.54) is 19.3 Å². The van der Waals surface area contributed by atoms with Gasteiger partial charge in [-0.2, -0.15) is 0 Å². The number of carbonyl (C=O) groups excluding carboxylic acids is 1. The summed E-state index contributed by atoms with van der Waals surface area (Å²) in [7, 11) is 0. The fraction of sp³-hybridized carbons (Fsp3) is 0.436. The predicted molar refractivity (Wildman–Crippen MR) is 189 cm³/mol. The lowest BCUT2D eigenvalue weighted by Crippen LogP contribution is -2.24. The number of fused-ring (bicyclic) bond motifs is 1. The van der Waals surface area contributed by atoms with Crippen LogP contribution in [0.15, 0.2) is 76.4 Å². The molecule has 4 N–H and O–H groups in total. The van der Waals surface area contributed by atoms with Crippen molar-refractivity contribution < 1.29 is 18.7 Å². The molecule has 250 valence electrons. The van der Waals surface area contributed by atoms with Crippen molar-refractivity contribution in [2.75, 3.05) is 19.6 Å². The van der Waals surface area contributed by atoms with Gasteiger partial charge in [0, 0.05) is 35.3 Å². The standard InChI is InChI=1S/C39H49FN4O3/c1-5-28-20-35-29(22-38(28)46-30-11-7-6-10-17-42-18-16-30)21-36(44-35)39(45)33(27(4)41)24-43-23-26(3)32-15-14-31(19-25(32)2)47-37-13-9-8-12-34(37)40/h12-15,19-22,24,26,30,42,44H,5-11,16-18,23,41H2,1-4H3/b33-27-,43-24?. The summed E-state index contributed by atoms with van der Waals surface area (Å²) >= 11 is 0. The van der Waals surface area contributed by atoms with E-state index in [1.807, 2.05) is 31.2 Å². The zero-order chi connectivity index (χ0) is 33.3. The van der Waals surface area contributed by atoms with Crippen LogP contribution in [0.2, 0.25) is 0 Å². The summed E-state index contributed by atoms with van der Waals surface area (Å²) in [6.45, 7) is 10.5. The highest BCUT2D eigenvalue weighted by Crippen LogP contribution is 2.31. The van der Waals surface area contributed by atoms with Crippen LogP contribution < -0.4 is 20.5 Å². The number of aryl methyl sites for hydroxylation is 2. The normalized spacial score (nSPS) is 18.9. The molecule has 1 aromatic heterocycles. The Kier molecular flexibility index (Phi) is 11.7. The molecule has 2 aromatic carbocycles. The lowest BCUT2D eigenvalue weighted by molar-refractivity contribution is 0.103. The number of allylic oxidation sites excluding steroid dienone is 5. The van der Waals surface area contributed by atoms with E-state index in [-0.39, 0.29) is 29.4 Å². The van der Waals surface area contributed by atoms with Crippen LogP contribution in [-0.4, -0.2) is 42.7 Å². The van der Waals surface area contributed by atoms with Crippen LogP contribution in [0.3, 0.4) is 0 Å². The van der Waals surface area contributed by atoms with Crippen molar-refractivity contribution in [2.24, 2.45) is 10.7 Å². The molecule has 0 saturated carbocycles. The molecule has 0 radical (unpaired) electrons. The third-order valence-electron chi connectivity index (χ3n) is 9.07. The second-order valence-corrected chi connectivity index (χ2v) is 12.9. The molecule has 2 unspecified atom stereocenters. The molecular weight excluding hydrogens is 591 g/mol. The number of aromatic amines is 1. The van der Waals surface area contributed by atoms with Gasteiger partial charge in [0.05, 0.1) is 17.4 Å². The summed E-state index contributed by atoms with van der Waals surface area (Å²) in [6, 6.07) is 11.8. The number of nitrogens with two attached hydrogens (primary N) is 1. The van der Waals surface area contributed by atoms with Crippen molar-refractivity contribution >= 4 is 22.9 Å². The van der Waals surface area contributed by atoms with Gasteiger partial charge in [0.25, 0.3) is 0 Å². The molecule has 0 amide bonds. The molecule has 7 nitrogen and oxygen atoms in total. The Bertz CT molecular complexity index is 1690. The first kappa shape index (κ1) is 34.2. The smallest absolute Gasteiger partial charge is 0.212 e. The Labute approximate surface area is 278 Å². The van der Waals surface area contributed by atoms with E-state index >= 15 is 0 Å². The largest absolute Gasteiger partial charge is 0.490 e. The maximum absolute atomic E-state index is 14.1. The molecule has 1 fully saturated rings. The third kappa shape index (κ3) is 8.80. The maximum atomic E-state index is 14.1. The average molecular weight is 641 g/mol. The number of hydrogen-bond donors (Lipinski definition) is 3. The van der Waals surface area contributed by atoms with Crippen LogP contribution in [-0.2, 0) is 6.42 Å². The maximum Gasteiger partial charge on any atom is 0.212 e. The van der Waals surface area contributed by atoms with Crippen LogP contribution >= 0.6 is 0 Å². The number of H-pyrrole nitrogens is 1. The van der Waals surface area contributed by atoms with Crippen LogP contribution in [0.25, 0.3) is 10.9 Å². The van der Waals surface area contributed by atoms with E-state index in [0.29, 0.717) is 35.7 Å². The lowest BCUT2D eigenvalue weighted by atomic mass is 9.96. The molecule has 8 heteroatoms. The second kappa shape index (κ2) is 16.1. The molecule has 2 heterocycles. The van der Waals surface area contributed by atoms with Gasteiger partial charge in [-0.25, -0.2) is 4.39 Å². The van der Waals surface area contributed by atoms with Gasteiger partial charge in [0.2, 0.25) is 5.78 Å². The fourth-order valence-corrected chi connectivity index (χ4v) is 6.33. The molecule has 47 heavy (non-hydrogen) atoms. The van der Waals surface area contributed by atoms with Crippen LogP contribution in [0.5, 0.6) is 11.5 Å². The third-order valence-corrected chi connectivity index (χ3v) is 9.07. The number of rotatable bonds is 11. The quantitative estimate of drug-likeness (QED) is 0.111. The van der Waals surface area contributed by atoms with Gasteiger partial charge in [0.1, 0.15) is 11.5 Å². The van der Waals surface area contributed by atoms with Crippen LogP contribution in [0.1, 0.15) is 98.8 Å². The lowest BCUT2D eigenvalue weighted by Gasteiger charge is -2.20. The van der Waals surface area contributed by atoms with Gasteiger partial charge in [0.15, 0.2) is 11.6 Å². The summed E-state index contributed by atoms with van der Waals surface area (Å²) in [5.74, 6) is 1.33. The van der Waals surface area contributed by atoms with Gasteiger partial charge >= 0.3 is 0 Å². The molecule has 1 aliphatic heterocycles. The zero-order valence-electron chi connectivity index (χ0n) is 28.3. The minimum atomic E-state index is -0.320. The number of aromatic nitrogens is 1. The van der Waals surface area contributed by atoms with Gasteiger partial charge in [-0.1, -0.05) is 26.3 Å². The number of benzene rings is 2. The van der Waals surface area contributed by atoms with Crippen molar-refractivity contribution in [3.8, 4) is 11.5 Å². The van der Waals surface area contributed by atoms with Gasteiger partial charge < -0.3 is 25.5 Å². The molecule has 0 spiro atoms. The first-order chi connectivity index (χ1) is 22.7. The van der Waals surface area contributed by atoms with Crippen molar-refractivity contribution in [3.05, 3.63) is 93.8 Å². The van der Waals surface area contributed by atoms with E-state index < -0.39 is 0 Å². The van der Waals surface area contributed by atoms with Crippen LogP contribution in [0, 0.1) is 6.92 Å². The summed E-state index contributed by atoms with van der Waals surface area (Å²) in [6.07, 6.45) is 13.0. The minimum Gasteiger partial charge on any atom is -0.490 e. The molecule has 2 aliphatic rings. The number of carbonyl (C=O) groups is 1. The number of ether oxygens (including phenoxy) is 2. The van der Waals surface area contributed by atoms with Crippen molar-refractivity contribution in [1.82, 2.24) is 10.3 Å². The second-order valence-electron chi connectivity index (χ2n) is 12.9. The van der Waals surface area contributed by atoms with Gasteiger partial charge in [-0.15, -0.1) is 0 Å². The summed E-state index contributed by atoms with van der Waals surface area (Å²) in [5, 5.41) is 4.45. The first-order valence-electron chi connectivity index (χ1n) is 17.1. The monoisotopic (exact) mass is 640 g/mol. The van der Waals surface area contributed by atoms with E-state index in [9.17, 15) is 9.18 Å². The molecule has 5 rings (SSSR count). The highest BCUT2D eigenvalue weighted by molar-refractivity contribution is 6.22. The topological polar surface area (TPSA) is 102 Å². The fourth-order valence-electron chi connectivity index (χ4n) is 6.33. The highest BCUT2D eigenvalue weighted by atomic mass is 19.1. The molecule has 1 saturated heterocycles. The first-order valence-corrected chi connectivity index (χ1v) is 17.1. The SMILES string of the molecule is CCc1cc2[nH]c(C(=O)/C(C=NCC(C)c3ccc(OC4=CCCC=C4F)cc3C)=C(/C)N)cc2cc1OC1CCCCCNCC1. The Balaban J connectivity index is 1.26. The van der Waals surface area contributed by atoms with Crippen molar-refractivity contribution in [3.63, 3.8) is 0 Å². The summed E-state index contributed by atoms with van der Waals surface area (Å²) in [4.78, 5) is 21.7. The Morgan fingerprint density at radius 1 is 1.11 bits per heavy atom. The average Bonchev–Trinajstić information content (AvgIpc) is 3.52. The number of ketones is 1. The summed E-state index contributed by atoms with van der Waals surface area (Å²) in [5.41, 5.74) is 11.6. The summed E-state index contributed by atoms with van der Waals surface area (Å²) < 4.78 is 26.5. The van der Waals surface area contributed by atoms with E-state index in [4.69, 9.17) is 15.2 Å². The number of halogens is 1. The van der Waals surface area contributed by atoms with Crippen molar-refractivity contribution in [1.29, 1.82) is 0 Å². The van der Waals surface area contributed by atoms with Gasteiger partial charge in [-0.3, -0.25) is 9.79 Å². The van der Waals surface area contributed by atoms with Crippen LogP contribution in [0.4, 0.5) is 4.39 Å². The minimum absolute atomic E-state index is 0.0808. The molecule has 2 atom stereocenters. The van der Waals surface area contributed by atoms with Gasteiger partial charge in [-0.05, 0) is 131 Å². The molecular formula is C39H49FN4O3. The molecule has 0 bridgehead atoms. The number of nitrogens with zero attached hydrogens (tertiary/aromatic N) is 1. The Hall–Kier alpha value is -4.17. The number of nitrogens with one attached hydrogen (secondary N) is 2. The Morgan fingerprint density at radius 3 is 2.70 bits per heavy atom. The van der Waals surface area contributed by atoms with E-state index in [1.54, 1.807) is 25.3 Å². The Morgan fingerprint density at radius 2 is 1.94 bits per heavy atom. The zero-order valence-corrected chi connectivity index (χ0v) is 28.3. The van der Waals surface area contributed by atoms with Crippen molar-refractivity contribution in [2.45, 2.75) is 91.1 Å². The predicted octanol–water partition coefficient (Wildman–Crippen LogP) is 8.54. The molecule has 3 aromatic rings. The number of aliphatic imine (C=N–C) groups is 1. The van der Waals surface area contributed by atoms with E-state index in [0.717, 1.165) is 72.1 Å². The molecule has 1 aliphatic carbocycles. The number of Topliss-reactive ketones (excluding diaryl/α,β-unsaturated/α-hetero) is 1. The van der Waals surface area contributed by atoms with E-state index in [2.05, 4.69) is 41.3 Å².